The lowest BCUT2D eigenvalue weighted by molar-refractivity contribution is 0.0691. The highest BCUT2D eigenvalue weighted by Crippen LogP contribution is 2.20. The highest BCUT2D eigenvalue weighted by Gasteiger charge is 2.31. The molecule has 1 saturated heterocycles. The van der Waals surface area contributed by atoms with Crippen LogP contribution < -0.4 is 5.32 Å². The van der Waals surface area contributed by atoms with Crippen LogP contribution in [0.2, 0.25) is 0 Å². The minimum absolute atomic E-state index is 0.0139. The van der Waals surface area contributed by atoms with Crippen molar-refractivity contribution in [3.05, 3.63) is 24.0 Å². The number of anilines is 1. The number of aromatic nitrogens is 1. The van der Waals surface area contributed by atoms with Gasteiger partial charge in [0.1, 0.15) is 0 Å². The summed E-state index contributed by atoms with van der Waals surface area (Å²) in [5.41, 5.74) is 0.00777. The number of pyridine rings is 1. The Morgan fingerprint density at radius 3 is 2.90 bits per heavy atom. The summed E-state index contributed by atoms with van der Waals surface area (Å²) in [5, 5.41) is 11.6. The Hall–Kier alpha value is -2.15. The highest BCUT2D eigenvalue weighted by molar-refractivity contribution is 5.98. The predicted octanol–water partition coefficient (Wildman–Crippen LogP) is 1.42. The second kappa shape index (κ2) is 5.87. The van der Waals surface area contributed by atoms with Gasteiger partial charge in [-0.15, -0.1) is 0 Å². The zero-order valence-corrected chi connectivity index (χ0v) is 11.4. The van der Waals surface area contributed by atoms with E-state index in [9.17, 15) is 9.59 Å². The molecule has 1 aromatic rings. The number of amides is 2. The number of hydrogen-bond acceptors (Lipinski definition) is 4. The quantitative estimate of drug-likeness (QED) is 0.873. The molecule has 1 aliphatic heterocycles. The molecule has 1 aromatic heterocycles. The maximum absolute atomic E-state index is 12.2. The van der Waals surface area contributed by atoms with Crippen LogP contribution in [0.25, 0.3) is 0 Å². The van der Waals surface area contributed by atoms with Gasteiger partial charge < -0.3 is 20.1 Å². The fourth-order valence-electron chi connectivity index (χ4n) is 2.26. The normalized spacial score (nSPS) is 21.5. The van der Waals surface area contributed by atoms with Crippen molar-refractivity contribution in [1.29, 1.82) is 0 Å². The van der Waals surface area contributed by atoms with Crippen LogP contribution in [-0.2, 0) is 4.74 Å². The van der Waals surface area contributed by atoms with Crippen molar-refractivity contribution < 1.29 is 19.4 Å². The van der Waals surface area contributed by atoms with Crippen LogP contribution in [0.5, 0.6) is 0 Å². The first-order valence-electron chi connectivity index (χ1n) is 6.34. The summed E-state index contributed by atoms with van der Waals surface area (Å²) >= 11 is 0. The minimum Gasteiger partial charge on any atom is -0.476 e. The molecule has 2 heterocycles. The zero-order valence-electron chi connectivity index (χ0n) is 11.4. The van der Waals surface area contributed by atoms with Crippen molar-refractivity contribution in [3.8, 4) is 0 Å². The first kappa shape index (κ1) is 14.3. The maximum Gasteiger partial charge on any atom is 0.356 e. The molecular formula is C13H17N3O4. The molecule has 2 atom stereocenters. The van der Waals surface area contributed by atoms with Crippen molar-refractivity contribution >= 4 is 17.7 Å². The molecule has 2 N–H and O–H groups in total. The number of nitrogens with one attached hydrogen (secondary N) is 1. The zero-order chi connectivity index (χ0) is 14.7. The number of carboxylic acids is 1. The number of carboxylic acid groups (broad SMARTS) is 1. The number of urea groups is 1. The van der Waals surface area contributed by atoms with Crippen LogP contribution in [0.4, 0.5) is 10.5 Å². The Kier molecular flexibility index (Phi) is 4.19. The summed E-state index contributed by atoms with van der Waals surface area (Å²) in [6, 6.07) is 2.70. The molecule has 1 aliphatic rings. The SMILES string of the molecule is CC1OCCC1N(C)C(=O)Nc1cccnc1C(=O)O. The number of hydrogen-bond donors (Lipinski definition) is 2. The average Bonchev–Trinajstić information content (AvgIpc) is 2.84. The monoisotopic (exact) mass is 279 g/mol. The highest BCUT2D eigenvalue weighted by atomic mass is 16.5. The lowest BCUT2D eigenvalue weighted by Gasteiger charge is -2.27. The molecule has 0 aliphatic carbocycles. The van der Waals surface area contributed by atoms with Crippen molar-refractivity contribution in [3.63, 3.8) is 0 Å². The van der Waals surface area contributed by atoms with Crippen LogP contribution in [-0.4, -0.2) is 52.8 Å². The van der Waals surface area contributed by atoms with E-state index in [0.29, 0.717) is 6.61 Å². The molecule has 7 heteroatoms. The fourth-order valence-corrected chi connectivity index (χ4v) is 2.26. The van der Waals surface area contributed by atoms with Gasteiger partial charge in [0.05, 0.1) is 17.8 Å². The topological polar surface area (TPSA) is 91.8 Å². The third-order valence-corrected chi connectivity index (χ3v) is 3.41. The third-order valence-electron chi connectivity index (χ3n) is 3.41. The Morgan fingerprint density at radius 2 is 2.30 bits per heavy atom. The lowest BCUT2D eigenvalue weighted by atomic mass is 10.1. The van der Waals surface area contributed by atoms with Gasteiger partial charge in [-0.1, -0.05) is 0 Å². The number of likely N-dealkylation sites (N-methyl/N-ethyl adjacent to an activating group) is 1. The largest absolute Gasteiger partial charge is 0.476 e. The molecule has 2 amide bonds. The second-order valence-corrected chi connectivity index (χ2v) is 4.68. The van der Waals surface area contributed by atoms with E-state index in [1.807, 2.05) is 6.92 Å². The Labute approximate surface area is 116 Å². The number of rotatable bonds is 3. The van der Waals surface area contributed by atoms with Crippen molar-refractivity contribution in [2.24, 2.45) is 0 Å². The van der Waals surface area contributed by atoms with Crippen molar-refractivity contribution in [2.45, 2.75) is 25.5 Å². The summed E-state index contributed by atoms with van der Waals surface area (Å²) in [5.74, 6) is -1.18. The van der Waals surface area contributed by atoms with Gasteiger partial charge in [0.25, 0.3) is 0 Å². The van der Waals surface area contributed by atoms with Gasteiger partial charge in [0.15, 0.2) is 5.69 Å². The minimum atomic E-state index is -1.18. The van der Waals surface area contributed by atoms with E-state index in [4.69, 9.17) is 9.84 Å². The molecule has 2 unspecified atom stereocenters. The second-order valence-electron chi connectivity index (χ2n) is 4.68. The smallest absolute Gasteiger partial charge is 0.356 e. The van der Waals surface area contributed by atoms with Crippen molar-refractivity contribution in [1.82, 2.24) is 9.88 Å². The van der Waals surface area contributed by atoms with Crippen LogP contribution in [0.3, 0.4) is 0 Å². The van der Waals surface area contributed by atoms with Crippen molar-refractivity contribution in [2.75, 3.05) is 19.0 Å². The average molecular weight is 279 g/mol. The van der Waals surface area contributed by atoms with Crippen LogP contribution in [0.15, 0.2) is 18.3 Å². The summed E-state index contributed by atoms with van der Waals surface area (Å²) in [7, 11) is 1.67. The molecule has 0 radical (unpaired) electrons. The lowest BCUT2D eigenvalue weighted by Crippen LogP contribution is -2.43. The molecule has 108 valence electrons. The fraction of sp³-hybridized carbons (Fsp3) is 0.462. The molecule has 20 heavy (non-hydrogen) atoms. The molecule has 0 aromatic carbocycles. The first-order chi connectivity index (χ1) is 9.50. The van der Waals surface area contributed by atoms with Gasteiger partial charge in [0.2, 0.25) is 0 Å². The van der Waals surface area contributed by atoms with Gasteiger partial charge >= 0.3 is 12.0 Å². The maximum atomic E-state index is 12.2. The molecule has 1 fully saturated rings. The van der Waals surface area contributed by atoms with Gasteiger partial charge in [-0.05, 0) is 25.5 Å². The summed E-state index contributed by atoms with van der Waals surface area (Å²) < 4.78 is 5.42. The Balaban J connectivity index is 2.10. The molecule has 2 rings (SSSR count). The number of carbonyl (C=O) groups is 2. The van der Waals surface area contributed by atoms with E-state index < -0.39 is 5.97 Å². The van der Waals surface area contributed by atoms with E-state index in [1.165, 1.54) is 17.2 Å². The summed E-state index contributed by atoms with van der Waals surface area (Å²) in [6.45, 7) is 2.53. The van der Waals surface area contributed by atoms with Gasteiger partial charge in [-0.3, -0.25) is 0 Å². The standard InChI is InChI=1S/C13H17N3O4/c1-8-10(5-7-20-8)16(2)13(19)15-9-4-3-6-14-11(9)12(17)18/h3-4,6,8,10H,5,7H2,1-2H3,(H,15,19)(H,17,18). The van der Waals surface area contributed by atoms with E-state index in [0.717, 1.165) is 6.42 Å². The van der Waals surface area contributed by atoms with E-state index in [-0.39, 0.29) is 29.6 Å². The number of ether oxygens (including phenoxy) is 1. The molecule has 0 spiro atoms. The van der Waals surface area contributed by atoms with Gasteiger partial charge in [0, 0.05) is 19.9 Å². The molecular weight excluding hydrogens is 262 g/mol. The predicted molar refractivity (Wildman–Crippen MR) is 71.8 cm³/mol. The van der Waals surface area contributed by atoms with E-state index >= 15 is 0 Å². The molecule has 7 nitrogen and oxygen atoms in total. The third kappa shape index (κ3) is 2.88. The van der Waals surface area contributed by atoms with Crippen LogP contribution >= 0.6 is 0 Å². The molecule has 0 bridgehead atoms. The number of nitrogens with zero attached hydrogens (tertiary/aromatic N) is 2. The Morgan fingerprint density at radius 1 is 1.55 bits per heavy atom. The number of carbonyl (C=O) groups excluding carboxylic acids is 1. The van der Waals surface area contributed by atoms with E-state index in [2.05, 4.69) is 10.3 Å². The van der Waals surface area contributed by atoms with Gasteiger partial charge in [-0.2, -0.15) is 0 Å². The van der Waals surface area contributed by atoms with Gasteiger partial charge in [-0.25, -0.2) is 14.6 Å². The van der Waals surface area contributed by atoms with Crippen LogP contribution in [0, 0.1) is 0 Å². The number of aromatic carboxylic acids is 1. The Bertz CT molecular complexity index is 520. The van der Waals surface area contributed by atoms with E-state index in [1.54, 1.807) is 13.1 Å². The summed E-state index contributed by atoms with van der Waals surface area (Å²) in [4.78, 5) is 28.5. The summed E-state index contributed by atoms with van der Waals surface area (Å²) in [6.07, 6.45) is 2.11. The first-order valence-corrected chi connectivity index (χ1v) is 6.34. The molecule has 0 saturated carbocycles. The van der Waals surface area contributed by atoms with Crippen LogP contribution in [0.1, 0.15) is 23.8 Å².